The summed E-state index contributed by atoms with van der Waals surface area (Å²) in [4.78, 5) is 13.6. The van der Waals surface area contributed by atoms with Crippen molar-refractivity contribution in [2.24, 2.45) is 7.05 Å². The van der Waals surface area contributed by atoms with Crippen molar-refractivity contribution in [3.8, 4) is 12.3 Å². The smallest absolute Gasteiger partial charge is 0.272 e. The first-order chi connectivity index (χ1) is 7.20. The van der Waals surface area contributed by atoms with Gasteiger partial charge in [-0.1, -0.05) is 12.8 Å². The number of terminal acetylenes is 1. The first kappa shape index (κ1) is 11.3. The fourth-order valence-electron chi connectivity index (χ4n) is 1.38. The van der Waals surface area contributed by atoms with Gasteiger partial charge in [-0.2, -0.15) is 5.10 Å². The van der Waals surface area contributed by atoms with Crippen LogP contribution in [0.25, 0.3) is 0 Å². The molecule has 0 aliphatic rings. The van der Waals surface area contributed by atoms with Crippen molar-refractivity contribution < 1.29 is 4.79 Å². The molecule has 0 bridgehead atoms. The molecule has 15 heavy (non-hydrogen) atoms. The zero-order valence-corrected chi connectivity index (χ0v) is 9.10. The summed E-state index contributed by atoms with van der Waals surface area (Å²) in [6.45, 7) is 3.03. The van der Waals surface area contributed by atoms with E-state index in [4.69, 9.17) is 6.42 Å². The second kappa shape index (κ2) is 5.20. The van der Waals surface area contributed by atoms with Gasteiger partial charge in [0.25, 0.3) is 5.91 Å². The van der Waals surface area contributed by atoms with Crippen molar-refractivity contribution in [3.05, 3.63) is 18.0 Å². The van der Waals surface area contributed by atoms with Crippen LogP contribution in [0.4, 0.5) is 0 Å². The first-order valence-electron chi connectivity index (χ1n) is 4.91. The fourth-order valence-corrected chi connectivity index (χ4v) is 1.38. The topological polar surface area (TPSA) is 38.1 Å². The van der Waals surface area contributed by atoms with Gasteiger partial charge in [-0.25, -0.2) is 0 Å². The Balaban J connectivity index is 2.81. The van der Waals surface area contributed by atoms with Gasteiger partial charge in [-0.3, -0.25) is 9.48 Å². The van der Waals surface area contributed by atoms with Crippen molar-refractivity contribution in [1.82, 2.24) is 14.7 Å². The number of amides is 1. The quantitative estimate of drug-likeness (QED) is 0.685. The molecule has 0 saturated carbocycles. The van der Waals surface area contributed by atoms with E-state index in [1.165, 1.54) is 0 Å². The Labute approximate surface area is 89.9 Å². The van der Waals surface area contributed by atoms with Crippen LogP contribution in [0, 0.1) is 12.3 Å². The molecule has 0 atom stereocenters. The largest absolute Gasteiger partial charge is 0.326 e. The molecule has 1 aromatic heterocycles. The Bertz CT molecular complexity index is 375. The Morgan fingerprint density at radius 2 is 2.47 bits per heavy atom. The minimum absolute atomic E-state index is 0.0604. The lowest BCUT2D eigenvalue weighted by atomic mass is 10.3. The minimum atomic E-state index is -0.0604. The van der Waals surface area contributed by atoms with Crippen molar-refractivity contribution in [1.29, 1.82) is 0 Å². The summed E-state index contributed by atoms with van der Waals surface area (Å²) >= 11 is 0. The number of aryl methyl sites for hydroxylation is 1. The van der Waals surface area contributed by atoms with Crippen LogP contribution in [0.3, 0.4) is 0 Å². The standard InChI is InChI=1S/C11H15N3O/c1-4-8-14(9-5-2)11(15)10-6-7-12-13(10)3/h1,6-7H,5,8-9H2,2-3H3. The van der Waals surface area contributed by atoms with E-state index in [1.807, 2.05) is 6.92 Å². The normalized spacial score (nSPS) is 9.67. The zero-order valence-electron chi connectivity index (χ0n) is 9.10. The molecule has 0 radical (unpaired) electrons. The Hall–Kier alpha value is -1.76. The predicted molar refractivity (Wildman–Crippen MR) is 58.2 cm³/mol. The van der Waals surface area contributed by atoms with Crippen LogP contribution < -0.4 is 0 Å². The molecular weight excluding hydrogens is 190 g/mol. The molecule has 4 heteroatoms. The third-order valence-corrected chi connectivity index (χ3v) is 2.10. The molecule has 0 N–H and O–H groups in total. The highest BCUT2D eigenvalue weighted by molar-refractivity contribution is 5.92. The minimum Gasteiger partial charge on any atom is -0.326 e. The van der Waals surface area contributed by atoms with Gasteiger partial charge in [0.05, 0.1) is 6.54 Å². The highest BCUT2D eigenvalue weighted by Crippen LogP contribution is 2.03. The van der Waals surface area contributed by atoms with Crippen LogP contribution in [0.15, 0.2) is 12.3 Å². The third-order valence-electron chi connectivity index (χ3n) is 2.10. The highest BCUT2D eigenvalue weighted by Gasteiger charge is 2.16. The monoisotopic (exact) mass is 205 g/mol. The summed E-state index contributed by atoms with van der Waals surface area (Å²) in [5.74, 6) is 2.43. The fraction of sp³-hybridized carbons (Fsp3) is 0.455. The van der Waals surface area contributed by atoms with Gasteiger partial charge in [0.1, 0.15) is 5.69 Å². The molecule has 1 heterocycles. The SMILES string of the molecule is C#CCN(CCC)C(=O)c1ccnn1C. The number of carbonyl (C=O) groups excluding carboxylic acids is 1. The maximum Gasteiger partial charge on any atom is 0.272 e. The molecule has 4 nitrogen and oxygen atoms in total. The predicted octanol–water partition coefficient (Wildman–Crippen LogP) is 0.906. The number of rotatable bonds is 4. The molecule has 0 fully saturated rings. The lowest BCUT2D eigenvalue weighted by Gasteiger charge is -2.19. The Kier molecular flexibility index (Phi) is 3.92. The molecule has 0 aliphatic heterocycles. The highest BCUT2D eigenvalue weighted by atomic mass is 16.2. The van der Waals surface area contributed by atoms with Crippen LogP contribution >= 0.6 is 0 Å². The van der Waals surface area contributed by atoms with Gasteiger partial charge in [-0.15, -0.1) is 6.42 Å². The molecule has 0 spiro atoms. The van der Waals surface area contributed by atoms with Gasteiger partial charge < -0.3 is 4.90 Å². The van der Waals surface area contributed by atoms with Crippen molar-refractivity contribution in [2.75, 3.05) is 13.1 Å². The average Bonchev–Trinajstić information content (AvgIpc) is 2.63. The summed E-state index contributed by atoms with van der Waals surface area (Å²) in [5, 5.41) is 3.96. The lowest BCUT2D eigenvalue weighted by Crippen LogP contribution is -2.33. The van der Waals surface area contributed by atoms with Gasteiger partial charge in [0, 0.05) is 19.8 Å². The molecule has 80 valence electrons. The summed E-state index contributed by atoms with van der Waals surface area (Å²) in [5.41, 5.74) is 0.568. The number of carbonyl (C=O) groups is 1. The van der Waals surface area contributed by atoms with Gasteiger partial charge in [0.15, 0.2) is 0 Å². The summed E-state index contributed by atoms with van der Waals surface area (Å²) in [6.07, 6.45) is 7.72. The molecule has 0 saturated heterocycles. The first-order valence-corrected chi connectivity index (χ1v) is 4.91. The second-order valence-corrected chi connectivity index (χ2v) is 3.27. The van der Waals surface area contributed by atoms with Crippen LogP contribution in [0.1, 0.15) is 23.8 Å². The van der Waals surface area contributed by atoms with E-state index in [1.54, 1.807) is 28.9 Å². The maximum absolute atomic E-state index is 12.0. The van der Waals surface area contributed by atoms with Crippen molar-refractivity contribution in [3.63, 3.8) is 0 Å². The summed E-state index contributed by atoms with van der Waals surface area (Å²) in [7, 11) is 1.74. The molecule has 0 aromatic carbocycles. The van der Waals surface area contributed by atoms with Gasteiger partial charge in [0.2, 0.25) is 0 Å². The van der Waals surface area contributed by atoms with Crippen LogP contribution in [0.5, 0.6) is 0 Å². The number of hydrogen-bond acceptors (Lipinski definition) is 2. The molecule has 0 aliphatic carbocycles. The van der Waals surface area contributed by atoms with Crippen LogP contribution in [-0.4, -0.2) is 33.7 Å². The van der Waals surface area contributed by atoms with E-state index in [0.717, 1.165) is 6.42 Å². The molecule has 1 rings (SSSR count). The third kappa shape index (κ3) is 2.59. The Morgan fingerprint density at radius 3 is 2.93 bits per heavy atom. The average molecular weight is 205 g/mol. The van der Waals surface area contributed by atoms with E-state index >= 15 is 0 Å². The summed E-state index contributed by atoms with van der Waals surface area (Å²) in [6, 6.07) is 1.70. The zero-order chi connectivity index (χ0) is 11.3. The van der Waals surface area contributed by atoms with E-state index in [0.29, 0.717) is 18.8 Å². The number of aromatic nitrogens is 2. The van der Waals surface area contributed by atoms with Crippen LogP contribution in [0.2, 0.25) is 0 Å². The lowest BCUT2D eigenvalue weighted by molar-refractivity contribution is 0.0766. The Morgan fingerprint density at radius 1 is 1.73 bits per heavy atom. The molecular formula is C11H15N3O. The van der Waals surface area contributed by atoms with E-state index in [-0.39, 0.29) is 5.91 Å². The van der Waals surface area contributed by atoms with Gasteiger partial charge in [-0.05, 0) is 12.5 Å². The molecule has 1 amide bonds. The van der Waals surface area contributed by atoms with Crippen molar-refractivity contribution in [2.45, 2.75) is 13.3 Å². The summed E-state index contributed by atoms with van der Waals surface area (Å²) < 4.78 is 1.56. The number of hydrogen-bond donors (Lipinski definition) is 0. The van der Waals surface area contributed by atoms with E-state index in [2.05, 4.69) is 11.0 Å². The van der Waals surface area contributed by atoms with E-state index < -0.39 is 0 Å². The van der Waals surface area contributed by atoms with Crippen molar-refractivity contribution >= 4 is 5.91 Å². The second-order valence-electron chi connectivity index (χ2n) is 3.27. The van der Waals surface area contributed by atoms with Crippen LogP contribution in [-0.2, 0) is 7.05 Å². The maximum atomic E-state index is 12.0. The molecule has 0 unspecified atom stereocenters. The molecule has 1 aromatic rings. The number of nitrogens with zero attached hydrogens (tertiary/aromatic N) is 3. The van der Waals surface area contributed by atoms with E-state index in [9.17, 15) is 4.79 Å². The van der Waals surface area contributed by atoms with Gasteiger partial charge >= 0.3 is 0 Å².